The molecule has 0 saturated carbocycles. The van der Waals surface area contributed by atoms with Crippen LogP contribution in [-0.4, -0.2) is 20.9 Å². The molecule has 5 nitrogen and oxygen atoms in total. The second kappa shape index (κ2) is 4.09. The van der Waals surface area contributed by atoms with Crippen molar-refractivity contribution in [2.75, 3.05) is 0 Å². The van der Waals surface area contributed by atoms with E-state index in [9.17, 15) is 4.79 Å². The second-order valence-corrected chi connectivity index (χ2v) is 4.58. The first-order valence-electron chi connectivity index (χ1n) is 6.32. The zero-order chi connectivity index (χ0) is 13.5. The molecule has 1 aliphatic rings. The van der Waals surface area contributed by atoms with Crippen molar-refractivity contribution in [2.24, 2.45) is 0 Å². The summed E-state index contributed by atoms with van der Waals surface area (Å²) in [6.07, 6.45) is 3.35. The number of hydrogen-bond acceptors (Lipinski definition) is 4. The molecule has 3 aromatic rings. The molecule has 3 heterocycles. The highest BCUT2D eigenvalue weighted by atomic mass is 16.1. The maximum Gasteiger partial charge on any atom is 0.254 e. The lowest BCUT2D eigenvalue weighted by atomic mass is 10.0. The molecule has 5 heteroatoms. The molecule has 1 aromatic carbocycles. The molecule has 96 valence electrons. The number of aromatic nitrogens is 3. The van der Waals surface area contributed by atoms with Crippen LogP contribution in [0.3, 0.4) is 0 Å². The summed E-state index contributed by atoms with van der Waals surface area (Å²) in [5, 5.41) is 3.71. The van der Waals surface area contributed by atoms with Crippen molar-refractivity contribution in [3.63, 3.8) is 0 Å². The molecule has 0 atom stereocenters. The van der Waals surface area contributed by atoms with E-state index < -0.39 is 0 Å². The highest BCUT2D eigenvalue weighted by molar-refractivity contribution is 6.10. The highest BCUT2D eigenvalue weighted by Crippen LogP contribution is 2.32. The predicted molar refractivity (Wildman–Crippen MR) is 73.9 cm³/mol. The van der Waals surface area contributed by atoms with Gasteiger partial charge in [0.25, 0.3) is 5.91 Å². The monoisotopic (exact) mass is 262 g/mol. The molecule has 1 amide bonds. The van der Waals surface area contributed by atoms with Crippen LogP contribution in [0, 0.1) is 0 Å². The molecular weight excluding hydrogens is 252 g/mol. The minimum Gasteiger partial charge on any atom is -0.346 e. The molecular formula is C15H10N4O. The Morgan fingerprint density at radius 2 is 1.80 bits per heavy atom. The minimum absolute atomic E-state index is 0.110. The van der Waals surface area contributed by atoms with Crippen LogP contribution in [-0.2, 0) is 6.54 Å². The molecule has 1 aliphatic heterocycles. The fourth-order valence-corrected chi connectivity index (χ4v) is 2.55. The van der Waals surface area contributed by atoms with Crippen molar-refractivity contribution in [1.29, 1.82) is 0 Å². The Hall–Kier alpha value is -2.82. The van der Waals surface area contributed by atoms with Gasteiger partial charge in [-0.25, -0.2) is 9.97 Å². The predicted octanol–water partition coefficient (Wildman–Crippen LogP) is 1.94. The highest BCUT2D eigenvalue weighted by Gasteiger charge is 2.27. The molecule has 0 fully saturated rings. The van der Waals surface area contributed by atoms with Gasteiger partial charge in [-0.3, -0.25) is 9.78 Å². The van der Waals surface area contributed by atoms with E-state index in [-0.39, 0.29) is 5.91 Å². The van der Waals surface area contributed by atoms with Crippen LogP contribution >= 0.6 is 0 Å². The van der Waals surface area contributed by atoms with Crippen molar-refractivity contribution < 1.29 is 4.79 Å². The van der Waals surface area contributed by atoms with E-state index in [1.54, 1.807) is 18.5 Å². The van der Waals surface area contributed by atoms with Gasteiger partial charge in [0.15, 0.2) is 5.82 Å². The van der Waals surface area contributed by atoms with Gasteiger partial charge in [-0.15, -0.1) is 0 Å². The van der Waals surface area contributed by atoms with Crippen molar-refractivity contribution in [1.82, 2.24) is 20.3 Å². The van der Waals surface area contributed by atoms with Crippen LogP contribution in [0.5, 0.6) is 0 Å². The second-order valence-electron chi connectivity index (χ2n) is 4.58. The summed E-state index contributed by atoms with van der Waals surface area (Å²) < 4.78 is 0. The Morgan fingerprint density at radius 1 is 1.00 bits per heavy atom. The van der Waals surface area contributed by atoms with E-state index in [1.165, 1.54) is 0 Å². The van der Waals surface area contributed by atoms with Crippen molar-refractivity contribution in [2.45, 2.75) is 6.54 Å². The van der Waals surface area contributed by atoms with E-state index >= 15 is 0 Å². The van der Waals surface area contributed by atoms with Crippen molar-refractivity contribution in [3.8, 4) is 11.4 Å². The summed E-state index contributed by atoms with van der Waals surface area (Å²) in [5.41, 5.74) is 2.97. The maximum absolute atomic E-state index is 12.1. The van der Waals surface area contributed by atoms with Crippen LogP contribution in [0.1, 0.15) is 16.1 Å². The number of carbonyl (C=O) groups is 1. The van der Waals surface area contributed by atoms with Crippen molar-refractivity contribution in [3.05, 3.63) is 54.0 Å². The first-order valence-corrected chi connectivity index (χ1v) is 6.32. The van der Waals surface area contributed by atoms with Gasteiger partial charge in [0.05, 0.1) is 23.3 Å². The molecule has 0 unspecified atom stereocenters. The largest absolute Gasteiger partial charge is 0.346 e. The molecule has 4 rings (SSSR count). The van der Waals surface area contributed by atoms with E-state index in [0.717, 1.165) is 22.2 Å². The summed E-state index contributed by atoms with van der Waals surface area (Å²) in [5.74, 6) is 0.445. The van der Waals surface area contributed by atoms with Crippen LogP contribution in [0.2, 0.25) is 0 Å². The number of nitrogens with zero attached hydrogens (tertiary/aromatic N) is 3. The quantitative estimate of drug-likeness (QED) is 0.727. The molecule has 2 aromatic heterocycles. The Balaban J connectivity index is 2.17. The molecule has 0 spiro atoms. The lowest BCUT2D eigenvalue weighted by Crippen LogP contribution is -2.13. The average Bonchev–Trinajstić information content (AvgIpc) is 2.87. The summed E-state index contributed by atoms with van der Waals surface area (Å²) in [4.78, 5) is 25.2. The lowest BCUT2D eigenvalue weighted by Gasteiger charge is -2.09. The summed E-state index contributed by atoms with van der Waals surface area (Å²) in [7, 11) is 0. The normalized spacial score (nSPS) is 13.3. The van der Waals surface area contributed by atoms with Gasteiger partial charge in [0.2, 0.25) is 0 Å². The molecule has 1 N–H and O–H groups in total. The number of para-hydroxylation sites is 1. The van der Waals surface area contributed by atoms with Gasteiger partial charge >= 0.3 is 0 Å². The van der Waals surface area contributed by atoms with Gasteiger partial charge in [0.1, 0.15) is 0 Å². The number of carbonyl (C=O) groups excluding carboxylic acids is 1. The third-order valence-corrected chi connectivity index (χ3v) is 3.40. The summed E-state index contributed by atoms with van der Waals surface area (Å²) >= 11 is 0. The fourth-order valence-electron chi connectivity index (χ4n) is 2.55. The molecule has 0 radical (unpaired) electrons. The number of pyridine rings is 1. The lowest BCUT2D eigenvalue weighted by molar-refractivity contribution is 0.0966. The van der Waals surface area contributed by atoms with Crippen LogP contribution in [0.25, 0.3) is 22.3 Å². The van der Waals surface area contributed by atoms with E-state index in [4.69, 9.17) is 0 Å². The molecule has 0 saturated heterocycles. The number of amides is 1. The third-order valence-electron chi connectivity index (χ3n) is 3.40. The molecule has 20 heavy (non-hydrogen) atoms. The third kappa shape index (κ3) is 1.50. The number of fused-ring (bicyclic) bond motifs is 2. The Morgan fingerprint density at radius 3 is 2.65 bits per heavy atom. The maximum atomic E-state index is 12.1. The number of nitrogens with one attached hydrogen (secondary N) is 1. The van der Waals surface area contributed by atoms with Gasteiger partial charge in [-0.05, 0) is 12.1 Å². The van der Waals surface area contributed by atoms with Gasteiger partial charge in [0, 0.05) is 23.3 Å². The number of hydrogen-bond donors (Lipinski definition) is 1. The molecule has 0 bridgehead atoms. The number of rotatable bonds is 1. The SMILES string of the molecule is O=C1NCc2nc3ccccc3c(-c3ncccn3)c21. The van der Waals surface area contributed by atoms with Crippen LogP contribution < -0.4 is 5.32 Å². The van der Waals surface area contributed by atoms with Gasteiger partial charge in [-0.1, -0.05) is 18.2 Å². The zero-order valence-electron chi connectivity index (χ0n) is 10.5. The summed E-state index contributed by atoms with van der Waals surface area (Å²) in [6, 6.07) is 9.50. The number of benzene rings is 1. The van der Waals surface area contributed by atoms with Crippen molar-refractivity contribution >= 4 is 16.8 Å². The van der Waals surface area contributed by atoms with Crippen LogP contribution in [0.4, 0.5) is 0 Å². The fraction of sp³-hybridized carbons (Fsp3) is 0.0667. The van der Waals surface area contributed by atoms with Crippen LogP contribution in [0.15, 0.2) is 42.7 Å². The Bertz CT molecular complexity index is 830. The summed E-state index contributed by atoms with van der Waals surface area (Å²) in [6.45, 7) is 0.457. The topological polar surface area (TPSA) is 67.8 Å². The van der Waals surface area contributed by atoms with Gasteiger partial charge < -0.3 is 5.32 Å². The first kappa shape index (κ1) is 11.0. The smallest absolute Gasteiger partial charge is 0.254 e. The Kier molecular flexibility index (Phi) is 2.26. The van der Waals surface area contributed by atoms with Gasteiger partial charge in [-0.2, -0.15) is 0 Å². The molecule has 0 aliphatic carbocycles. The van der Waals surface area contributed by atoms with E-state index in [2.05, 4.69) is 20.3 Å². The van der Waals surface area contributed by atoms with E-state index in [0.29, 0.717) is 17.9 Å². The minimum atomic E-state index is -0.110. The zero-order valence-corrected chi connectivity index (χ0v) is 10.5. The standard InChI is InChI=1S/C15H10N4O/c20-15-13-11(8-18-15)19-10-5-2-1-4-9(10)12(13)14-16-6-3-7-17-14/h1-7H,8H2,(H,18,20). The average molecular weight is 262 g/mol. The van der Waals surface area contributed by atoms with E-state index in [1.807, 2.05) is 24.3 Å². The first-order chi connectivity index (χ1) is 9.84. The Labute approximate surface area is 114 Å².